The van der Waals surface area contributed by atoms with Crippen LogP contribution in [0.4, 0.5) is 10.6 Å². The zero-order valence-electron chi connectivity index (χ0n) is 14.8. The minimum Gasteiger partial charge on any atom is -0.444 e. The van der Waals surface area contributed by atoms with Crippen molar-refractivity contribution in [1.82, 2.24) is 14.9 Å². The zero-order valence-corrected chi connectivity index (χ0v) is 16.3. The van der Waals surface area contributed by atoms with Crippen molar-refractivity contribution in [2.24, 2.45) is 11.8 Å². The van der Waals surface area contributed by atoms with Gasteiger partial charge in [0.1, 0.15) is 16.4 Å². The second kappa shape index (κ2) is 7.16. The van der Waals surface area contributed by atoms with E-state index in [0.717, 1.165) is 32.4 Å². The minimum atomic E-state index is -0.460. The summed E-state index contributed by atoms with van der Waals surface area (Å²) >= 11 is 12.0. The average molecular weight is 387 g/mol. The van der Waals surface area contributed by atoms with Gasteiger partial charge in [0.25, 0.3) is 0 Å². The molecule has 1 N–H and O–H groups in total. The van der Waals surface area contributed by atoms with Crippen molar-refractivity contribution in [3.05, 3.63) is 16.5 Å². The number of nitrogens with zero attached hydrogens (tertiary/aromatic N) is 3. The summed E-state index contributed by atoms with van der Waals surface area (Å²) in [4.78, 5) is 22.2. The van der Waals surface area contributed by atoms with Gasteiger partial charge >= 0.3 is 6.09 Å². The average Bonchev–Trinajstić information content (AvgIpc) is 2.93. The first kappa shape index (κ1) is 18.5. The fraction of sp³-hybridized carbons (Fsp3) is 0.706. The fourth-order valence-electron chi connectivity index (χ4n) is 3.68. The molecule has 138 valence electrons. The summed E-state index contributed by atoms with van der Waals surface area (Å²) in [6.45, 7) is 7.21. The van der Waals surface area contributed by atoms with E-state index in [4.69, 9.17) is 27.9 Å². The molecule has 1 aliphatic carbocycles. The monoisotopic (exact) mass is 386 g/mol. The van der Waals surface area contributed by atoms with E-state index in [0.29, 0.717) is 22.7 Å². The van der Waals surface area contributed by atoms with Crippen LogP contribution in [0.2, 0.25) is 10.3 Å². The first-order chi connectivity index (χ1) is 11.7. The predicted octanol–water partition coefficient (Wildman–Crippen LogP) is 4.23. The van der Waals surface area contributed by atoms with Gasteiger partial charge in [-0.05, 0) is 63.5 Å². The molecule has 1 amide bonds. The second-order valence-corrected chi connectivity index (χ2v) is 8.64. The maximum absolute atomic E-state index is 12.3. The topological polar surface area (TPSA) is 67.3 Å². The molecule has 2 heterocycles. The predicted molar refractivity (Wildman–Crippen MR) is 98.1 cm³/mol. The summed E-state index contributed by atoms with van der Waals surface area (Å²) in [6.07, 6.45) is 4.35. The quantitative estimate of drug-likeness (QED) is 0.770. The van der Waals surface area contributed by atoms with Crippen LogP contribution in [-0.4, -0.2) is 45.7 Å². The van der Waals surface area contributed by atoms with Crippen LogP contribution in [0, 0.1) is 11.8 Å². The Kier molecular flexibility index (Phi) is 5.30. The Morgan fingerprint density at radius 3 is 2.72 bits per heavy atom. The molecule has 3 atom stereocenters. The number of halogens is 2. The Bertz CT molecular complexity index is 650. The maximum atomic E-state index is 12.3. The molecule has 1 aliphatic heterocycles. The Hall–Kier alpha value is -1.27. The van der Waals surface area contributed by atoms with Crippen molar-refractivity contribution in [3.63, 3.8) is 0 Å². The van der Waals surface area contributed by atoms with Gasteiger partial charge in [-0.1, -0.05) is 11.6 Å². The molecule has 3 rings (SSSR count). The van der Waals surface area contributed by atoms with E-state index in [1.807, 2.05) is 25.7 Å². The molecule has 2 aliphatic rings. The molecular formula is C17H24Cl2N4O2. The Morgan fingerprint density at radius 1 is 1.28 bits per heavy atom. The van der Waals surface area contributed by atoms with E-state index >= 15 is 0 Å². The maximum Gasteiger partial charge on any atom is 0.410 e. The van der Waals surface area contributed by atoms with Gasteiger partial charge in [-0.2, -0.15) is 4.98 Å². The van der Waals surface area contributed by atoms with Crippen LogP contribution in [0.1, 0.15) is 40.0 Å². The first-order valence-electron chi connectivity index (χ1n) is 8.64. The number of hydrogen-bond acceptors (Lipinski definition) is 5. The number of aromatic nitrogens is 2. The van der Waals surface area contributed by atoms with Crippen molar-refractivity contribution in [3.8, 4) is 0 Å². The highest BCUT2D eigenvalue weighted by Crippen LogP contribution is 2.38. The summed E-state index contributed by atoms with van der Waals surface area (Å²) < 4.78 is 5.50. The van der Waals surface area contributed by atoms with E-state index < -0.39 is 5.60 Å². The number of carbonyl (C=O) groups is 1. The molecule has 1 aromatic heterocycles. The van der Waals surface area contributed by atoms with Crippen LogP contribution in [0.15, 0.2) is 6.20 Å². The van der Waals surface area contributed by atoms with E-state index in [2.05, 4.69) is 15.3 Å². The summed E-state index contributed by atoms with van der Waals surface area (Å²) in [5, 5.41) is 4.03. The third-order valence-corrected chi connectivity index (χ3v) is 5.22. The number of anilines is 1. The van der Waals surface area contributed by atoms with Gasteiger partial charge in [0.2, 0.25) is 5.28 Å². The van der Waals surface area contributed by atoms with E-state index in [1.165, 1.54) is 6.20 Å². The molecule has 0 radical (unpaired) electrons. The smallest absolute Gasteiger partial charge is 0.410 e. The van der Waals surface area contributed by atoms with Gasteiger partial charge in [0.15, 0.2) is 0 Å². The summed E-state index contributed by atoms with van der Waals surface area (Å²) in [6, 6.07) is 0.267. The summed E-state index contributed by atoms with van der Waals surface area (Å²) in [5.41, 5.74) is -0.460. The van der Waals surface area contributed by atoms with Crippen LogP contribution < -0.4 is 5.32 Å². The number of carbonyl (C=O) groups excluding carboxylic acids is 1. The lowest BCUT2D eigenvalue weighted by Crippen LogP contribution is -2.35. The van der Waals surface area contributed by atoms with Crippen LogP contribution in [0.5, 0.6) is 0 Å². The van der Waals surface area contributed by atoms with Gasteiger partial charge in [-0.15, -0.1) is 0 Å². The highest BCUT2D eigenvalue weighted by molar-refractivity contribution is 6.33. The fourth-order valence-corrected chi connectivity index (χ4v) is 3.96. The number of amides is 1. The Morgan fingerprint density at radius 2 is 2.00 bits per heavy atom. The highest BCUT2D eigenvalue weighted by atomic mass is 35.5. The summed E-state index contributed by atoms with van der Waals surface area (Å²) in [7, 11) is 0. The minimum absolute atomic E-state index is 0.178. The van der Waals surface area contributed by atoms with Gasteiger partial charge in [0, 0.05) is 19.1 Å². The number of rotatable bonds is 2. The molecule has 8 heteroatoms. The Labute approximate surface area is 158 Å². The van der Waals surface area contributed by atoms with Gasteiger partial charge in [0.05, 0.1) is 6.20 Å². The van der Waals surface area contributed by atoms with Gasteiger partial charge in [-0.25, -0.2) is 9.78 Å². The zero-order chi connectivity index (χ0) is 18.2. The lowest BCUT2D eigenvalue weighted by atomic mass is 9.79. The lowest BCUT2D eigenvalue weighted by Gasteiger charge is -2.31. The van der Waals surface area contributed by atoms with E-state index in [1.54, 1.807) is 0 Å². The van der Waals surface area contributed by atoms with E-state index in [-0.39, 0.29) is 17.4 Å². The Balaban J connectivity index is 1.58. The van der Waals surface area contributed by atoms with Crippen LogP contribution in [0.25, 0.3) is 0 Å². The number of likely N-dealkylation sites (tertiary alicyclic amines) is 1. The number of fused-ring (bicyclic) bond motifs is 1. The third-order valence-electron chi connectivity index (χ3n) is 4.76. The van der Waals surface area contributed by atoms with Crippen LogP contribution >= 0.6 is 23.2 Å². The molecule has 3 unspecified atom stereocenters. The standard InChI is InChI=1S/C17H24Cl2N4O2/c1-17(2,3)25-16(24)23-8-10-4-5-12(6-11(10)9-23)21-14-13(18)7-20-15(19)22-14/h7,10-12H,4-6,8-9H2,1-3H3,(H,20,21,22). The molecule has 0 bridgehead atoms. The van der Waals surface area contributed by atoms with Crippen molar-refractivity contribution >= 4 is 35.1 Å². The number of hydrogen-bond donors (Lipinski definition) is 1. The number of ether oxygens (including phenoxy) is 1. The second-order valence-electron chi connectivity index (χ2n) is 7.90. The van der Waals surface area contributed by atoms with Crippen molar-refractivity contribution in [2.75, 3.05) is 18.4 Å². The molecular weight excluding hydrogens is 363 g/mol. The molecule has 1 saturated carbocycles. The molecule has 6 nitrogen and oxygen atoms in total. The normalized spacial score (nSPS) is 26.3. The molecule has 1 saturated heterocycles. The first-order valence-corrected chi connectivity index (χ1v) is 9.39. The molecule has 25 heavy (non-hydrogen) atoms. The van der Waals surface area contributed by atoms with Gasteiger partial charge < -0.3 is 15.0 Å². The molecule has 1 aromatic rings. The lowest BCUT2D eigenvalue weighted by molar-refractivity contribution is 0.0284. The van der Waals surface area contributed by atoms with Crippen molar-refractivity contribution in [2.45, 2.75) is 51.7 Å². The molecule has 0 aromatic carbocycles. The van der Waals surface area contributed by atoms with Gasteiger partial charge in [-0.3, -0.25) is 0 Å². The molecule has 2 fully saturated rings. The third kappa shape index (κ3) is 4.67. The van der Waals surface area contributed by atoms with Crippen molar-refractivity contribution < 1.29 is 9.53 Å². The van der Waals surface area contributed by atoms with E-state index in [9.17, 15) is 4.79 Å². The van der Waals surface area contributed by atoms with Crippen LogP contribution in [0.3, 0.4) is 0 Å². The molecule has 0 spiro atoms. The van der Waals surface area contributed by atoms with Crippen molar-refractivity contribution in [1.29, 1.82) is 0 Å². The summed E-state index contributed by atoms with van der Waals surface area (Å²) in [5.74, 6) is 1.58. The largest absolute Gasteiger partial charge is 0.444 e. The SMILES string of the molecule is CC(C)(C)OC(=O)N1CC2CCC(Nc3nc(Cl)ncc3Cl)CC2C1. The van der Waals surface area contributed by atoms with Crippen LogP contribution in [-0.2, 0) is 4.74 Å². The number of nitrogens with one attached hydrogen (secondary N) is 1. The highest BCUT2D eigenvalue weighted by Gasteiger charge is 2.40.